The summed E-state index contributed by atoms with van der Waals surface area (Å²) in [5, 5.41) is 2.13. The molecular formula is C10H13OS. The second kappa shape index (κ2) is 4.06. The van der Waals surface area contributed by atoms with Crippen molar-refractivity contribution in [1.29, 1.82) is 0 Å². The zero-order valence-electron chi connectivity index (χ0n) is 7.03. The minimum absolute atomic E-state index is 0.549. The van der Waals surface area contributed by atoms with Crippen LogP contribution in [0.5, 0.6) is 0 Å². The first-order chi connectivity index (χ1) is 5.97. The van der Waals surface area contributed by atoms with Crippen LogP contribution in [0.4, 0.5) is 0 Å². The Bertz CT molecular complexity index is 210. The van der Waals surface area contributed by atoms with Crippen molar-refractivity contribution in [3.8, 4) is 0 Å². The molecule has 1 aliphatic rings. The summed E-state index contributed by atoms with van der Waals surface area (Å²) in [6.45, 7) is 1.80. The Hall–Kier alpha value is -0.340. The topological polar surface area (TPSA) is 9.23 Å². The lowest BCUT2D eigenvalue weighted by Crippen LogP contribution is -2.03. The van der Waals surface area contributed by atoms with Gasteiger partial charge in [0.25, 0.3) is 0 Å². The summed E-state index contributed by atoms with van der Waals surface area (Å²) < 4.78 is 5.51. The van der Waals surface area contributed by atoms with Crippen molar-refractivity contribution in [2.45, 2.75) is 18.8 Å². The summed E-state index contributed by atoms with van der Waals surface area (Å²) in [6.07, 6.45) is 4.77. The molecule has 0 saturated carbocycles. The second-order valence-electron chi connectivity index (χ2n) is 3.07. The van der Waals surface area contributed by atoms with Crippen LogP contribution in [0, 0.1) is 6.42 Å². The number of ether oxygens (including phenoxy) is 1. The molecule has 1 radical (unpaired) electrons. The molecule has 1 aliphatic heterocycles. The van der Waals surface area contributed by atoms with Crippen LogP contribution in [0.2, 0.25) is 0 Å². The molecule has 0 aromatic carbocycles. The van der Waals surface area contributed by atoms with Crippen molar-refractivity contribution in [3.63, 3.8) is 0 Å². The van der Waals surface area contributed by atoms with Gasteiger partial charge in [-0.15, -0.1) is 11.3 Å². The molecule has 1 saturated heterocycles. The quantitative estimate of drug-likeness (QED) is 0.647. The normalized spacial score (nSPS) is 25.2. The third-order valence-corrected chi connectivity index (χ3v) is 3.15. The molecule has 65 valence electrons. The van der Waals surface area contributed by atoms with E-state index in [2.05, 4.69) is 23.9 Å². The van der Waals surface area contributed by atoms with Crippen LogP contribution in [-0.4, -0.2) is 13.2 Å². The number of hydrogen-bond donors (Lipinski definition) is 0. The Balaban J connectivity index is 2.02. The van der Waals surface area contributed by atoms with E-state index in [1.165, 1.54) is 17.7 Å². The van der Waals surface area contributed by atoms with E-state index in [1.807, 2.05) is 11.3 Å². The summed E-state index contributed by atoms with van der Waals surface area (Å²) in [4.78, 5) is 1.44. The van der Waals surface area contributed by atoms with Gasteiger partial charge in [-0.2, -0.15) is 0 Å². The fourth-order valence-electron chi connectivity index (χ4n) is 1.48. The third-order valence-electron chi connectivity index (χ3n) is 2.15. The molecule has 1 unspecified atom stereocenters. The molecule has 2 heterocycles. The maximum atomic E-state index is 5.51. The van der Waals surface area contributed by atoms with Gasteiger partial charge in [0.15, 0.2) is 0 Å². The van der Waals surface area contributed by atoms with Crippen LogP contribution in [0.1, 0.15) is 23.6 Å². The van der Waals surface area contributed by atoms with E-state index in [-0.39, 0.29) is 0 Å². The average Bonchev–Trinajstić information content (AvgIpc) is 2.48. The molecule has 1 fully saturated rings. The molecule has 2 rings (SSSR count). The first kappa shape index (κ1) is 8.27. The lowest BCUT2D eigenvalue weighted by atomic mass is 10.0. The van der Waals surface area contributed by atoms with Gasteiger partial charge in [-0.05, 0) is 30.7 Å². The minimum atomic E-state index is 0.549. The fraction of sp³-hybridized carbons (Fsp3) is 0.500. The Morgan fingerprint density at radius 3 is 3.33 bits per heavy atom. The Morgan fingerprint density at radius 2 is 2.50 bits per heavy atom. The second-order valence-corrected chi connectivity index (χ2v) is 4.05. The summed E-state index contributed by atoms with van der Waals surface area (Å²) in [5.74, 6) is 0.549. The van der Waals surface area contributed by atoms with Crippen molar-refractivity contribution in [1.82, 2.24) is 0 Å². The Labute approximate surface area is 77.4 Å². The van der Waals surface area contributed by atoms with Crippen LogP contribution in [0.3, 0.4) is 0 Å². The largest absolute Gasteiger partial charge is 0.381 e. The van der Waals surface area contributed by atoms with Gasteiger partial charge in [0.2, 0.25) is 0 Å². The first-order valence-corrected chi connectivity index (χ1v) is 5.29. The van der Waals surface area contributed by atoms with Crippen LogP contribution in [-0.2, 0) is 4.74 Å². The molecule has 1 aromatic rings. The Morgan fingerprint density at radius 1 is 1.50 bits per heavy atom. The lowest BCUT2D eigenvalue weighted by molar-refractivity contribution is 0.137. The molecule has 12 heavy (non-hydrogen) atoms. The van der Waals surface area contributed by atoms with Crippen LogP contribution < -0.4 is 0 Å². The zero-order chi connectivity index (χ0) is 8.23. The molecule has 1 aromatic heterocycles. The van der Waals surface area contributed by atoms with Gasteiger partial charge in [0.1, 0.15) is 0 Å². The van der Waals surface area contributed by atoms with Crippen LogP contribution in [0.25, 0.3) is 0 Å². The highest BCUT2D eigenvalue weighted by Crippen LogP contribution is 2.27. The SMILES string of the molecule is [CH]1CCCOCC1c1cccs1. The molecule has 1 atom stereocenters. The fourth-order valence-corrected chi connectivity index (χ4v) is 2.29. The van der Waals surface area contributed by atoms with Crippen molar-refractivity contribution in [2.75, 3.05) is 13.2 Å². The van der Waals surface area contributed by atoms with E-state index >= 15 is 0 Å². The standard InChI is InChI=1S/C10H13OS/c1-2-6-11-8-9(4-1)10-5-3-7-12-10/h3-5,7,9H,1-2,6,8H2. The van der Waals surface area contributed by atoms with Gasteiger partial charge in [-0.25, -0.2) is 0 Å². The third kappa shape index (κ3) is 1.87. The maximum absolute atomic E-state index is 5.51. The zero-order valence-corrected chi connectivity index (χ0v) is 7.85. The number of thiophene rings is 1. The highest BCUT2D eigenvalue weighted by atomic mass is 32.1. The van der Waals surface area contributed by atoms with Crippen molar-refractivity contribution < 1.29 is 4.74 Å². The summed E-state index contributed by atoms with van der Waals surface area (Å²) in [5.41, 5.74) is 0. The van der Waals surface area contributed by atoms with Crippen LogP contribution in [0.15, 0.2) is 17.5 Å². The predicted molar refractivity (Wildman–Crippen MR) is 51.4 cm³/mol. The summed E-state index contributed by atoms with van der Waals surface area (Å²) >= 11 is 1.83. The molecular weight excluding hydrogens is 168 g/mol. The van der Waals surface area contributed by atoms with E-state index in [0.29, 0.717) is 5.92 Å². The highest BCUT2D eigenvalue weighted by molar-refractivity contribution is 7.10. The molecule has 0 bridgehead atoms. The van der Waals surface area contributed by atoms with Gasteiger partial charge in [0, 0.05) is 17.4 Å². The van der Waals surface area contributed by atoms with Gasteiger partial charge in [0.05, 0.1) is 6.61 Å². The van der Waals surface area contributed by atoms with Gasteiger partial charge in [-0.1, -0.05) is 6.07 Å². The molecule has 0 N–H and O–H groups in total. The first-order valence-electron chi connectivity index (χ1n) is 4.41. The van der Waals surface area contributed by atoms with E-state index in [4.69, 9.17) is 4.74 Å². The number of hydrogen-bond acceptors (Lipinski definition) is 2. The summed E-state index contributed by atoms with van der Waals surface area (Å²) in [7, 11) is 0. The molecule has 0 aliphatic carbocycles. The van der Waals surface area contributed by atoms with E-state index in [9.17, 15) is 0 Å². The summed E-state index contributed by atoms with van der Waals surface area (Å²) in [6, 6.07) is 4.30. The predicted octanol–water partition coefficient (Wildman–Crippen LogP) is 2.85. The molecule has 0 amide bonds. The average molecular weight is 181 g/mol. The maximum Gasteiger partial charge on any atom is 0.0545 e. The van der Waals surface area contributed by atoms with E-state index < -0.39 is 0 Å². The molecule has 1 nitrogen and oxygen atoms in total. The molecule has 0 spiro atoms. The van der Waals surface area contributed by atoms with Gasteiger partial charge >= 0.3 is 0 Å². The minimum Gasteiger partial charge on any atom is -0.381 e. The highest BCUT2D eigenvalue weighted by Gasteiger charge is 2.15. The van der Waals surface area contributed by atoms with Gasteiger partial charge < -0.3 is 4.74 Å². The van der Waals surface area contributed by atoms with Crippen LogP contribution >= 0.6 is 11.3 Å². The van der Waals surface area contributed by atoms with Crippen molar-refractivity contribution >= 4 is 11.3 Å². The number of rotatable bonds is 1. The van der Waals surface area contributed by atoms with Crippen molar-refractivity contribution in [3.05, 3.63) is 28.8 Å². The monoisotopic (exact) mass is 181 g/mol. The van der Waals surface area contributed by atoms with Crippen molar-refractivity contribution in [2.24, 2.45) is 0 Å². The van der Waals surface area contributed by atoms with E-state index in [1.54, 1.807) is 0 Å². The molecule has 2 heteroatoms. The smallest absolute Gasteiger partial charge is 0.0545 e. The van der Waals surface area contributed by atoms with E-state index in [0.717, 1.165) is 13.2 Å². The lowest BCUT2D eigenvalue weighted by Gasteiger charge is -2.09. The Kier molecular flexibility index (Phi) is 2.79. The van der Waals surface area contributed by atoms with Gasteiger partial charge in [-0.3, -0.25) is 0 Å².